The number of nitrogens with two attached hydrogens (primary N) is 1. The summed E-state index contributed by atoms with van der Waals surface area (Å²) < 4.78 is 27.5. The molecule has 0 aromatic heterocycles. The maximum Gasteiger partial charge on any atom is 0.289 e. The van der Waals surface area contributed by atoms with Crippen molar-refractivity contribution in [3.05, 3.63) is 62.2 Å². The van der Waals surface area contributed by atoms with E-state index in [0.29, 0.717) is 3.57 Å². The molecule has 0 heterocycles. The van der Waals surface area contributed by atoms with Crippen molar-refractivity contribution in [3.63, 3.8) is 0 Å². The lowest BCUT2D eigenvalue weighted by Gasteiger charge is -2.24. The van der Waals surface area contributed by atoms with Crippen LogP contribution in [0.2, 0.25) is 0 Å². The molecule has 0 aliphatic rings. The van der Waals surface area contributed by atoms with Crippen LogP contribution in [-0.2, 0) is 14.8 Å². The molecule has 25 heavy (non-hydrogen) atoms. The van der Waals surface area contributed by atoms with Crippen molar-refractivity contribution in [3.8, 4) is 0 Å². The molecule has 11 heteroatoms. The van der Waals surface area contributed by atoms with E-state index in [1.165, 1.54) is 18.2 Å². The van der Waals surface area contributed by atoms with E-state index in [1.54, 1.807) is 18.2 Å². The molecular weight excluding hydrogens is 463 g/mol. The van der Waals surface area contributed by atoms with Gasteiger partial charge in [0.2, 0.25) is 0 Å². The molecular formula is C14H13IN4O5S. The number of nitrogens with one attached hydrogen (secondary N) is 1. The summed E-state index contributed by atoms with van der Waals surface area (Å²) in [5, 5.41) is 11.2. The zero-order valence-electron chi connectivity index (χ0n) is 12.6. The zero-order chi connectivity index (χ0) is 18.6. The van der Waals surface area contributed by atoms with Gasteiger partial charge >= 0.3 is 0 Å². The third-order valence-corrected chi connectivity index (χ3v) is 5.92. The first-order valence-corrected chi connectivity index (χ1v) is 9.31. The second kappa shape index (κ2) is 7.76. The third-order valence-electron chi connectivity index (χ3n) is 3.20. The van der Waals surface area contributed by atoms with Gasteiger partial charge in [0.25, 0.3) is 21.6 Å². The van der Waals surface area contributed by atoms with Gasteiger partial charge in [0.15, 0.2) is 4.90 Å². The first-order valence-electron chi connectivity index (χ1n) is 6.79. The number of benzene rings is 2. The van der Waals surface area contributed by atoms with Gasteiger partial charge in [0.05, 0.1) is 10.6 Å². The van der Waals surface area contributed by atoms with Crippen molar-refractivity contribution < 1.29 is 18.1 Å². The van der Waals surface area contributed by atoms with Crippen LogP contribution in [0.3, 0.4) is 0 Å². The second-order valence-corrected chi connectivity index (χ2v) is 7.75. The van der Waals surface area contributed by atoms with Crippen LogP contribution in [0.25, 0.3) is 0 Å². The summed E-state index contributed by atoms with van der Waals surface area (Å²) in [6, 6.07) is 11.4. The molecule has 0 spiro atoms. The highest BCUT2D eigenvalue weighted by Gasteiger charge is 2.33. The Morgan fingerprint density at radius 3 is 2.40 bits per heavy atom. The maximum atomic E-state index is 13.1. The highest BCUT2D eigenvalue weighted by Crippen LogP contribution is 2.31. The molecule has 0 bridgehead atoms. The molecule has 0 atom stereocenters. The molecule has 1 amide bonds. The first-order chi connectivity index (χ1) is 11.8. The van der Waals surface area contributed by atoms with E-state index in [1.807, 2.05) is 28.0 Å². The van der Waals surface area contributed by atoms with Crippen LogP contribution in [0.5, 0.6) is 0 Å². The fourth-order valence-corrected chi connectivity index (χ4v) is 4.52. The van der Waals surface area contributed by atoms with Crippen LogP contribution in [0.1, 0.15) is 0 Å². The van der Waals surface area contributed by atoms with E-state index in [4.69, 9.17) is 5.84 Å². The van der Waals surface area contributed by atoms with Gasteiger partial charge in [-0.05, 0) is 40.8 Å². The van der Waals surface area contributed by atoms with Crippen molar-refractivity contribution >= 4 is 49.9 Å². The minimum Gasteiger partial charge on any atom is -0.293 e. The van der Waals surface area contributed by atoms with E-state index in [0.717, 1.165) is 16.4 Å². The number of anilines is 1. The molecule has 0 unspecified atom stereocenters. The van der Waals surface area contributed by atoms with Crippen LogP contribution in [0.4, 0.5) is 11.4 Å². The fraction of sp³-hybridized carbons (Fsp3) is 0.0714. The molecule has 2 aromatic rings. The van der Waals surface area contributed by atoms with Crippen LogP contribution in [-0.4, -0.2) is 25.8 Å². The zero-order valence-corrected chi connectivity index (χ0v) is 15.6. The number of nitro benzene ring substituents is 1. The Labute approximate surface area is 157 Å². The first kappa shape index (κ1) is 19.1. The summed E-state index contributed by atoms with van der Waals surface area (Å²) >= 11 is 1.91. The number of halogens is 1. The Bertz CT molecular complexity index is 919. The lowest BCUT2D eigenvalue weighted by atomic mass is 10.3. The lowest BCUT2D eigenvalue weighted by Crippen LogP contribution is -2.43. The summed E-state index contributed by atoms with van der Waals surface area (Å²) in [5.74, 6) is 4.30. The maximum absolute atomic E-state index is 13.1. The molecule has 0 saturated heterocycles. The van der Waals surface area contributed by atoms with Gasteiger partial charge in [0.1, 0.15) is 6.54 Å². The molecule has 0 fully saturated rings. The number of hydrazine groups is 1. The summed E-state index contributed by atoms with van der Waals surface area (Å²) in [6.07, 6.45) is 0. The predicted molar refractivity (Wildman–Crippen MR) is 99.1 cm³/mol. The van der Waals surface area contributed by atoms with Gasteiger partial charge in [-0.2, -0.15) is 0 Å². The molecule has 2 aromatic carbocycles. The number of nitrogens with zero attached hydrogens (tertiary/aromatic N) is 2. The fourth-order valence-electron chi connectivity index (χ4n) is 2.07. The van der Waals surface area contributed by atoms with Crippen molar-refractivity contribution in [1.29, 1.82) is 0 Å². The van der Waals surface area contributed by atoms with Gasteiger partial charge < -0.3 is 0 Å². The van der Waals surface area contributed by atoms with Crippen LogP contribution in [0.15, 0.2) is 53.4 Å². The normalized spacial score (nSPS) is 11.0. The van der Waals surface area contributed by atoms with Crippen LogP contribution < -0.4 is 15.6 Å². The molecule has 3 N–H and O–H groups in total. The lowest BCUT2D eigenvalue weighted by molar-refractivity contribution is -0.387. The Morgan fingerprint density at radius 1 is 1.20 bits per heavy atom. The summed E-state index contributed by atoms with van der Waals surface area (Å²) in [4.78, 5) is 21.6. The largest absolute Gasteiger partial charge is 0.293 e. The van der Waals surface area contributed by atoms with Gasteiger partial charge in [-0.15, -0.1) is 0 Å². The smallest absolute Gasteiger partial charge is 0.289 e. The summed E-state index contributed by atoms with van der Waals surface area (Å²) in [5.41, 5.74) is 1.50. The van der Waals surface area contributed by atoms with E-state index >= 15 is 0 Å². The third kappa shape index (κ3) is 4.05. The average molecular weight is 476 g/mol. The number of rotatable bonds is 6. The van der Waals surface area contributed by atoms with Crippen molar-refractivity contribution in [1.82, 2.24) is 5.43 Å². The number of hydrogen-bond acceptors (Lipinski definition) is 6. The van der Waals surface area contributed by atoms with Gasteiger partial charge in [-0.1, -0.05) is 24.3 Å². The summed E-state index contributed by atoms with van der Waals surface area (Å²) in [7, 11) is -4.39. The minimum absolute atomic E-state index is 0.213. The van der Waals surface area contributed by atoms with Crippen molar-refractivity contribution in [2.75, 3.05) is 10.8 Å². The number of sulfonamides is 1. The van der Waals surface area contributed by atoms with E-state index in [2.05, 4.69) is 0 Å². The molecule has 2 rings (SSSR count). The van der Waals surface area contributed by atoms with Gasteiger partial charge in [-0.3, -0.25) is 24.6 Å². The molecule has 0 aliphatic carbocycles. The Kier molecular flexibility index (Phi) is 5.92. The monoisotopic (exact) mass is 476 g/mol. The Morgan fingerprint density at radius 2 is 1.80 bits per heavy atom. The highest BCUT2D eigenvalue weighted by molar-refractivity contribution is 14.1. The minimum atomic E-state index is -4.39. The molecule has 0 radical (unpaired) electrons. The SMILES string of the molecule is NNC(=O)CN(c1ccccc1I)S(=O)(=O)c1ccccc1[N+](=O)[O-]. The Hall–Kier alpha value is -2.25. The second-order valence-electron chi connectivity index (χ2n) is 4.76. The number of amides is 1. The van der Waals surface area contributed by atoms with Crippen LogP contribution >= 0.6 is 22.6 Å². The number of para-hydroxylation sites is 2. The predicted octanol–water partition coefficient (Wildman–Crippen LogP) is 1.38. The number of hydrogen-bond donors (Lipinski definition) is 2. The average Bonchev–Trinajstić information content (AvgIpc) is 2.60. The molecule has 0 aliphatic heterocycles. The van der Waals surface area contributed by atoms with E-state index < -0.39 is 38.0 Å². The van der Waals surface area contributed by atoms with Gasteiger partial charge in [0, 0.05) is 9.64 Å². The highest BCUT2D eigenvalue weighted by atomic mass is 127. The number of carbonyl (C=O) groups excluding carboxylic acids is 1. The van der Waals surface area contributed by atoms with E-state index in [9.17, 15) is 23.3 Å². The summed E-state index contributed by atoms with van der Waals surface area (Å²) in [6.45, 7) is -0.620. The van der Waals surface area contributed by atoms with E-state index in [-0.39, 0.29) is 5.69 Å². The van der Waals surface area contributed by atoms with Crippen molar-refractivity contribution in [2.24, 2.45) is 5.84 Å². The molecule has 9 nitrogen and oxygen atoms in total. The van der Waals surface area contributed by atoms with Gasteiger partial charge in [-0.25, -0.2) is 14.3 Å². The molecule has 0 saturated carbocycles. The topological polar surface area (TPSA) is 136 Å². The van der Waals surface area contributed by atoms with Crippen LogP contribution in [0, 0.1) is 13.7 Å². The number of carbonyl (C=O) groups is 1. The quantitative estimate of drug-likeness (QED) is 0.213. The Balaban J connectivity index is 2.67. The molecule has 132 valence electrons. The van der Waals surface area contributed by atoms with Crippen molar-refractivity contribution in [2.45, 2.75) is 4.90 Å². The number of nitro groups is 1. The standard InChI is InChI=1S/C14H13IN4O5S/c15-10-5-1-2-6-11(10)18(9-14(20)17-16)25(23,24)13-8-4-3-7-12(13)19(21)22/h1-8H,9,16H2,(H,17,20).